The number of carboxylic acids is 1. The predicted octanol–water partition coefficient (Wildman–Crippen LogP) is 1.39. The van der Waals surface area contributed by atoms with Crippen molar-refractivity contribution in [2.75, 3.05) is 36.0 Å². The fraction of sp³-hybridized carbons (Fsp3) is 0.438. The molecule has 1 aromatic carbocycles. The summed E-state index contributed by atoms with van der Waals surface area (Å²) in [5.74, 6) is -1.02. The first-order valence-corrected chi connectivity index (χ1v) is 9.08. The molecule has 7 nitrogen and oxygen atoms in total. The van der Waals surface area contributed by atoms with Gasteiger partial charge in [-0.25, -0.2) is 9.18 Å². The molecule has 1 aromatic rings. The fourth-order valence-electron chi connectivity index (χ4n) is 3.01. The Morgan fingerprint density at radius 3 is 2.84 bits per heavy atom. The Kier molecular flexibility index (Phi) is 5.12. The number of rotatable bonds is 4. The highest BCUT2D eigenvalue weighted by molar-refractivity contribution is 7.99. The van der Waals surface area contributed by atoms with Crippen molar-refractivity contribution in [3.05, 3.63) is 29.6 Å². The van der Waals surface area contributed by atoms with E-state index in [4.69, 9.17) is 5.11 Å². The average molecular weight is 367 g/mol. The van der Waals surface area contributed by atoms with Gasteiger partial charge in [-0.2, -0.15) is 11.8 Å². The number of aliphatic carboxylic acids is 1. The average Bonchev–Trinajstić information content (AvgIpc) is 3.01. The van der Waals surface area contributed by atoms with Gasteiger partial charge in [0.05, 0.1) is 18.0 Å². The minimum atomic E-state index is -0.992. The number of anilines is 1. The van der Waals surface area contributed by atoms with E-state index in [0.29, 0.717) is 36.8 Å². The van der Waals surface area contributed by atoms with Gasteiger partial charge >= 0.3 is 12.0 Å². The Morgan fingerprint density at radius 2 is 2.16 bits per heavy atom. The van der Waals surface area contributed by atoms with Gasteiger partial charge in [-0.3, -0.25) is 14.5 Å². The first-order chi connectivity index (χ1) is 12.0. The maximum Gasteiger partial charge on any atom is 0.321 e. The molecule has 2 aliphatic rings. The third-order valence-corrected chi connectivity index (χ3v) is 5.34. The summed E-state index contributed by atoms with van der Waals surface area (Å²) < 4.78 is 14.3. The number of nitrogens with zero attached hydrogens (tertiary/aromatic N) is 2. The van der Waals surface area contributed by atoms with E-state index in [2.05, 4.69) is 5.32 Å². The van der Waals surface area contributed by atoms with Gasteiger partial charge in [-0.05, 0) is 18.2 Å². The number of urea groups is 1. The molecule has 0 aromatic heterocycles. The third kappa shape index (κ3) is 3.71. The SMILES string of the molecule is O=C(O)CC1CSCCN1C(=O)c1cc(N2CCNC2=O)ccc1F. The first kappa shape index (κ1) is 17.5. The smallest absolute Gasteiger partial charge is 0.321 e. The van der Waals surface area contributed by atoms with Crippen LogP contribution < -0.4 is 10.2 Å². The van der Waals surface area contributed by atoms with Gasteiger partial charge in [0.1, 0.15) is 5.82 Å². The van der Waals surface area contributed by atoms with E-state index in [9.17, 15) is 18.8 Å². The van der Waals surface area contributed by atoms with Crippen molar-refractivity contribution in [3.8, 4) is 0 Å². The van der Waals surface area contributed by atoms with Crippen LogP contribution in [0.1, 0.15) is 16.8 Å². The summed E-state index contributed by atoms with van der Waals surface area (Å²) in [6, 6.07) is 3.23. The number of carbonyl (C=O) groups is 3. The zero-order valence-corrected chi connectivity index (χ0v) is 14.2. The molecule has 3 rings (SSSR count). The summed E-state index contributed by atoms with van der Waals surface area (Å²) in [5.41, 5.74) is 0.306. The fourth-order valence-corrected chi connectivity index (χ4v) is 4.07. The lowest BCUT2D eigenvalue weighted by molar-refractivity contribution is -0.138. The number of nitrogens with one attached hydrogen (secondary N) is 1. The van der Waals surface area contributed by atoms with Gasteiger partial charge < -0.3 is 15.3 Å². The molecule has 0 radical (unpaired) electrons. The lowest BCUT2D eigenvalue weighted by atomic mass is 10.1. The standard InChI is InChI=1S/C16H18FN3O4S/c17-13-2-1-10(20-4-3-18-16(20)24)7-12(13)15(23)19-5-6-25-9-11(19)8-14(21)22/h1-2,7,11H,3-6,8-9H2,(H,18,24)(H,21,22). The second-order valence-corrected chi connectivity index (χ2v) is 7.02. The van der Waals surface area contributed by atoms with E-state index in [-0.39, 0.29) is 18.0 Å². The van der Waals surface area contributed by atoms with Crippen molar-refractivity contribution in [3.63, 3.8) is 0 Å². The Bertz CT molecular complexity index is 715. The monoisotopic (exact) mass is 367 g/mol. The molecule has 134 valence electrons. The molecule has 2 aliphatic heterocycles. The summed E-state index contributed by atoms with van der Waals surface area (Å²) in [5, 5.41) is 11.7. The minimum absolute atomic E-state index is 0.139. The molecule has 2 saturated heterocycles. The highest BCUT2D eigenvalue weighted by Crippen LogP contribution is 2.25. The molecule has 0 spiro atoms. The second-order valence-electron chi connectivity index (χ2n) is 5.87. The van der Waals surface area contributed by atoms with Gasteiger partial charge in [0.15, 0.2) is 0 Å². The third-order valence-electron chi connectivity index (χ3n) is 4.25. The molecule has 3 amide bonds. The number of carbonyl (C=O) groups excluding carboxylic acids is 2. The number of carboxylic acid groups (broad SMARTS) is 1. The number of amides is 3. The number of benzene rings is 1. The lowest BCUT2D eigenvalue weighted by Gasteiger charge is -2.34. The second kappa shape index (κ2) is 7.30. The van der Waals surface area contributed by atoms with Crippen LogP contribution in [-0.4, -0.2) is 65.1 Å². The van der Waals surface area contributed by atoms with E-state index >= 15 is 0 Å². The van der Waals surface area contributed by atoms with Crippen LogP contribution in [0.3, 0.4) is 0 Å². The molecule has 9 heteroatoms. The number of thioether (sulfide) groups is 1. The number of halogens is 1. The Hall–Kier alpha value is -2.29. The zero-order chi connectivity index (χ0) is 18.0. The van der Waals surface area contributed by atoms with Gasteiger partial charge in [0.2, 0.25) is 0 Å². The molecule has 1 atom stereocenters. The number of hydrogen-bond donors (Lipinski definition) is 2. The molecule has 25 heavy (non-hydrogen) atoms. The van der Waals surface area contributed by atoms with Gasteiger partial charge in [0, 0.05) is 36.8 Å². The van der Waals surface area contributed by atoms with Crippen LogP contribution in [-0.2, 0) is 4.79 Å². The topological polar surface area (TPSA) is 89.9 Å². The van der Waals surface area contributed by atoms with Crippen molar-refractivity contribution in [1.29, 1.82) is 0 Å². The van der Waals surface area contributed by atoms with E-state index in [0.717, 1.165) is 0 Å². The Labute approximate surface area is 148 Å². The Balaban J connectivity index is 1.87. The van der Waals surface area contributed by atoms with Crippen LogP contribution in [0, 0.1) is 5.82 Å². The zero-order valence-electron chi connectivity index (χ0n) is 13.4. The van der Waals surface area contributed by atoms with Gasteiger partial charge in [-0.1, -0.05) is 0 Å². The van der Waals surface area contributed by atoms with E-state index in [1.54, 1.807) is 11.8 Å². The van der Waals surface area contributed by atoms with Crippen LogP contribution >= 0.6 is 11.8 Å². The Morgan fingerprint density at radius 1 is 1.36 bits per heavy atom. The van der Waals surface area contributed by atoms with Crippen LogP contribution in [0.5, 0.6) is 0 Å². The molecule has 2 fully saturated rings. The maximum atomic E-state index is 14.3. The van der Waals surface area contributed by atoms with Gasteiger partial charge in [-0.15, -0.1) is 0 Å². The largest absolute Gasteiger partial charge is 0.481 e. The summed E-state index contributed by atoms with van der Waals surface area (Å²) >= 11 is 1.58. The number of hydrogen-bond acceptors (Lipinski definition) is 4. The summed E-state index contributed by atoms with van der Waals surface area (Å²) in [4.78, 5) is 38.5. The normalized spacial score (nSPS) is 20.5. The molecule has 0 saturated carbocycles. The first-order valence-electron chi connectivity index (χ1n) is 7.93. The molecular weight excluding hydrogens is 349 g/mol. The van der Waals surface area contributed by atoms with E-state index in [1.807, 2.05) is 0 Å². The van der Waals surface area contributed by atoms with Gasteiger partial charge in [0.25, 0.3) is 5.91 Å². The highest BCUT2D eigenvalue weighted by Gasteiger charge is 2.31. The molecule has 0 bridgehead atoms. The van der Waals surface area contributed by atoms with Crippen molar-refractivity contribution in [2.45, 2.75) is 12.5 Å². The molecule has 1 unspecified atom stereocenters. The van der Waals surface area contributed by atoms with Crippen LogP contribution in [0.2, 0.25) is 0 Å². The molecular formula is C16H18FN3O4S. The summed E-state index contributed by atoms with van der Waals surface area (Å²) in [6.45, 7) is 1.30. The van der Waals surface area contributed by atoms with E-state index < -0.39 is 23.7 Å². The molecule has 2 heterocycles. The summed E-state index contributed by atoms with van der Waals surface area (Å²) in [7, 11) is 0. The van der Waals surface area contributed by atoms with Crippen LogP contribution in [0.4, 0.5) is 14.9 Å². The molecule has 0 aliphatic carbocycles. The van der Waals surface area contributed by atoms with E-state index in [1.165, 1.54) is 28.0 Å². The van der Waals surface area contributed by atoms with Crippen molar-refractivity contribution < 1.29 is 23.9 Å². The minimum Gasteiger partial charge on any atom is -0.481 e. The summed E-state index contributed by atoms with van der Waals surface area (Å²) in [6.07, 6.45) is -0.172. The lowest BCUT2D eigenvalue weighted by Crippen LogP contribution is -2.47. The predicted molar refractivity (Wildman–Crippen MR) is 91.5 cm³/mol. The highest BCUT2D eigenvalue weighted by atomic mass is 32.2. The van der Waals surface area contributed by atoms with Crippen molar-refractivity contribution in [2.24, 2.45) is 0 Å². The quantitative estimate of drug-likeness (QED) is 0.839. The van der Waals surface area contributed by atoms with Crippen molar-refractivity contribution >= 4 is 35.4 Å². The van der Waals surface area contributed by atoms with Crippen LogP contribution in [0.25, 0.3) is 0 Å². The maximum absolute atomic E-state index is 14.3. The van der Waals surface area contributed by atoms with Crippen molar-refractivity contribution in [1.82, 2.24) is 10.2 Å². The molecule has 2 N–H and O–H groups in total. The van der Waals surface area contributed by atoms with Crippen LogP contribution in [0.15, 0.2) is 18.2 Å².